The molecule has 6 nitrogen and oxygen atoms in total. The molecule has 158 valence electrons. The molecule has 2 aliphatic heterocycles. The van der Waals surface area contributed by atoms with Gasteiger partial charge in [0.05, 0.1) is 6.07 Å². The van der Waals surface area contributed by atoms with E-state index < -0.39 is 10.8 Å². The van der Waals surface area contributed by atoms with Crippen LogP contribution in [0.4, 0.5) is 0 Å². The molecule has 2 unspecified atom stereocenters. The smallest absolute Gasteiger partial charge is 0.245 e. The number of nitrogens with one attached hydrogen (secondary N) is 2. The number of carbonyl (C=O) groups excluding carboxylic acids is 2. The van der Waals surface area contributed by atoms with Crippen LogP contribution in [-0.2, 0) is 9.59 Å². The van der Waals surface area contributed by atoms with Gasteiger partial charge in [-0.25, -0.2) is 0 Å². The Kier molecular flexibility index (Phi) is 7.78. The minimum absolute atomic E-state index is 0.170. The monoisotopic (exact) mass is 442 g/mol. The predicted octanol–water partition coefficient (Wildman–Crippen LogP) is 2.47. The standard InChI is InChI=1S/C22H26N4O2S2/c1-26(2)12-13-29-21(28)22(18(14-23)17-10-11-24-15-19(17)30-22)25-20(27)9-8-16-6-4-3-5-7-16/h3-9,18,24H,10-13,15H2,1-2H3,(H,25,27). The Hall–Kier alpha value is -2.05. The summed E-state index contributed by atoms with van der Waals surface area (Å²) < 4.78 is 0. The van der Waals surface area contributed by atoms with Crippen molar-refractivity contribution in [1.82, 2.24) is 15.5 Å². The molecule has 1 aromatic carbocycles. The number of thioether (sulfide) groups is 2. The van der Waals surface area contributed by atoms with Gasteiger partial charge in [-0.05, 0) is 44.3 Å². The first-order chi connectivity index (χ1) is 14.5. The molecule has 3 rings (SSSR count). The molecule has 0 aromatic heterocycles. The normalized spacial score (nSPS) is 23.5. The number of amides is 1. The Morgan fingerprint density at radius 1 is 1.40 bits per heavy atom. The minimum atomic E-state index is -1.29. The van der Waals surface area contributed by atoms with E-state index in [0.717, 1.165) is 29.1 Å². The summed E-state index contributed by atoms with van der Waals surface area (Å²) >= 11 is 2.52. The number of carbonyl (C=O) groups is 2. The summed E-state index contributed by atoms with van der Waals surface area (Å²) in [7, 11) is 3.90. The zero-order chi connectivity index (χ0) is 21.6. The van der Waals surface area contributed by atoms with Crippen LogP contribution >= 0.6 is 23.5 Å². The molecule has 2 heterocycles. The Morgan fingerprint density at radius 2 is 2.17 bits per heavy atom. The van der Waals surface area contributed by atoms with E-state index in [1.807, 2.05) is 49.3 Å². The molecular weight excluding hydrogens is 416 g/mol. The van der Waals surface area contributed by atoms with Crippen LogP contribution in [0.15, 0.2) is 46.9 Å². The topological polar surface area (TPSA) is 85.2 Å². The lowest BCUT2D eigenvalue weighted by molar-refractivity contribution is -0.122. The van der Waals surface area contributed by atoms with Crippen molar-refractivity contribution in [1.29, 1.82) is 5.26 Å². The molecule has 0 saturated carbocycles. The lowest BCUT2D eigenvalue weighted by atomic mass is 9.89. The van der Waals surface area contributed by atoms with Crippen molar-refractivity contribution in [3.63, 3.8) is 0 Å². The first-order valence-electron chi connectivity index (χ1n) is 9.85. The largest absolute Gasteiger partial charge is 0.329 e. The highest BCUT2D eigenvalue weighted by Crippen LogP contribution is 2.52. The Labute approximate surface area is 186 Å². The van der Waals surface area contributed by atoms with Crippen molar-refractivity contribution in [2.45, 2.75) is 11.3 Å². The molecule has 30 heavy (non-hydrogen) atoms. The van der Waals surface area contributed by atoms with Crippen molar-refractivity contribution in [2.24, 2.45) is 5.92 Å². The van der Waals surface area contributed by atoms with Crippen molar-refractivity contribution < 1.29 is 9.59 Å². The van der Waals surface area contributed by atoms with E-state index in [0.29, 0.717) is 18.7 Å². The van der Waals surface area contributed by atoms with E-state index in [1.165, 1.54) is 29.6 Å². The number of nitrogens with zero attached hydrogens (tertiary/aromatic N) is 2. The first-order valence-corrected chi connectivity index (χ1v) is 11.6. The molecular formula is C22H26N4O2S2. The quantitative estimate of drug-likeness (QED) is 0.628. The lowest BCUT2D eigenvalue weighted by Gasteiger charge is -2.31. The van der Waals surface area contributed by atoms with Crippen molar-refractivity contribution in [3.05, 3.63) is 52.4 Å². The average Bonchev–Trinajstić information content (AvgIpc) is 3.06. The molecule has 1 amide bonds. The van der Waals surface area contributed by atoms with Crippen molar-refractivity contribution >= 4 is 40.6 Å². The van der Waals surface area contributed by atoms with Gasteiger partial charge in [-0.1, -0.05) is 53.9 Å². The van der Waals surface area contributed by atoms with E-state index in [4.69, 9.17) is 0 Å². The Balaban J connectivity index is 1.83. The number of hydrogen-bond donors (Lipinski definition) is 2. The summed E-state index contributed by atoms with van der Waals surface area (Å²) in [6, 6.07) is 11.8. The second-order valence-corrected chi connectivity index (χ2v) is 9.86. The number of hydrogen-bond acceptors (Lipinski definition) is 7. The maximum Gasteiger partial charge on any atom is 0.245 e. The number of nitriles is 1. The van der Waals surface area contributed by atoms with Crippen LogP contribution in [0.2, 0.25) is 0 Å². The summed E-state index contributed by atoms with van der Waals surface area (Å²) in [4.78, 5) is 27.9. The number of rotatable bonds is 7. The van der Waals surface area contributed by atoms with Crippen LogP contribution in [0.25, 0.3) is 6.08 Å². The van der Waals surface area contributed by atoms with Crippen molar-refractivity contribution in [3.8, 4) is 6.07 Å². The maximum absolute atomic E-state index is 13.4. The second kappa shape index (κ2) is 10.3. The van der Waals surface area contributed by atoms with Crippen LogP contribution in [0.5, 0.6) is 0 Å². The van der Waals surface area contributed by atoms with E-state index in [-0.39, 0.29) is 11.0 Å². The highest BCUT2D eigenvalue weighted by atomic mass is 32.2. The fourth-order valence-corrected chi connectivity index (χ4v) is 6.24. The van der Waals surface area contributed by atoms with Gasteiger partial charge in [-0.3, -0.25) is 9.59 Å². The molecule has 2 aliphatic rings. The van der Waals surface area contributed by atoms with E-state index >= 15 is 0 Å². The molecule has 0 radical (unpaired) electrons. The summed E-state index contributed by atoms with van der Waals surface area (Å²) in [5.41, 5.74) is 1.88. The summed E-state index contributed by atoms with van der Waals surface area (Å²) in [5.74, 6) is -0.431. The average molecular weight is 443 g/mol. The third-order valence-electron chi connectivity index (χ3n) is 4.99. The molecule has 0 saturated heterocycles. The lowest BCUT2D eigenvalue weighted by Crippen LogP contribution is -2.54. The Bertz CT molecular complexity index is 892. The highest BCUT2D eigenvalue weighted by Gasteiger charge is 2.55. The van der Waals surface area contributed by atoms with Crippen LogP contribution < -0.4 is 10.6 Å². The van der Waals surface area contributed by atoms with Gasteiger partial charge in [-0.15, -0.1) is 0 Å². The van der Waals surface area contributed by atoms with Gasteiger partial charge in [0.1, 0.15) is 5.92 Å². The van der Waals surface area contributed by atoms with Crippen LogP contribution in [-0.4, -0.2) is 60.3 Å². The fraction of sp³-hybridized carbons (Fsp3) is 0.409. The molecule has 0 bridgehead atoms. The van der Waals surface area contributed by atoms with Crippen LogP contribution in [0.1, 0.15) is 12.0 Å². The van der Waals surface area contributed by atoms with Gasteiger partial charge < -0.3 is 15.5 Å². The molecule has 2 N–H and O–H groups in total. The van der Waals surface area contributed by atoms with Gasteiger partial charge in [0, 0.05) is 29.8 Å². The van der Waals surface area contributed by atoms with E-state index in [9.17, 15) is 14.9 Å². The third kappa shape index (κ3) is 5.16. The molecule has 0 fully saturated rings. The van der Waals surface area contributed by atoms with Gasteiger partial charge in [0.15, 0.2) is 4.87 Å². The first kappa shape index (κ1) is 22.6. The molecule has 0 aliphatic carbocycles. The number of benzene rings is 1. The van der Waals surface area contributed by atoms with Gasteiger partial charge >= 0.3 is 0 Å². The van der Waals surface area contributed by atoms with E-state index in [1.54, 1.807) is 6.08 Å². The third-order valence-corrected chi connectivity index (χ3v) is 7.59. The summed E-state index contributed by atoms with van der Waals surface area (Å²) in [6.45, 7) is 2.15. The van der Waals surface area contributed by atoms with Crippen LogP contribution in [0.3, 0.4) is 0 Å². The predicted molar refractivity (Wildman–Crippen MR) is 124 cm³/mol. The zero-order valence-corrected chi connectivity index (χ0v) is 18.8. The fourth-order valence-electron chi connectivity index (χ4n) is 3.45. The molecule has 1 aromatic rings. The van der Waals surface area contributed by atoms with Gasteiger partial charge in [0.25, 0.3) is 0 Å². The zero-order valence-electron chi connectivity index (χ0n) is 17.2. The van der Waals surface area contributed by atoms with Gasteiger partial charge in [-0.2, -0.15) is 5.26 Å². The molecule has 8 heteroatoms. The summed E-state index contributed by atoms with van der Waals surface area (Å²) in [6.07, 6.45) is 3.86. The molecule has 2 atom stereocenters. The van der Waals surface area contributed by atoms with E-state index in [2.05, 4.69) is 16.7 Å². The minimum Gasteiger partial charge on any atom is -0.329 e. The van der Waals surface area contributed by atoms with Gasteiger partial charge in [0.2, 0.25) is 11.0 Å². The molecule has 0 spiro atoms. The second-order valence-electron chi connectivity index (χ2n) is 7.45. The summed E-state index contributed by atoms with van der Waals surface area (Å²) in [5, 5.41) is 16.0. The Morgan fingerprint density at radius 3 is 2.87 bits per heavy atom. The highest BCUT2D eigenvalue weighted by molar-refractivity contribution is 8.17. The van der Waals surface area contributed by atoms with Crippen molar-refractivity contribution in [2.75, 3.05) is 39.5 Å². The maximum atomic E-state index is 13.4. The van der Waals surface area contributed by atoms with Crippen LogP contribution in [0, 0.1) is 17.2 Å². The SMILES string of the molecule is CN(C)CCSC(=O)C1(NC(=O)C=Cc2ccccc2)SC2=C(CCNC2)C1C#N.